The summed E-state index contributed by atoms with van der Waals surface area (Å²) < 4.78 is 6.10. The van der Waals surface area contributed by atoms with E-state index in [0.717, 1.165) is 41.8 Å². The smallest absolute Gasteiger partial charge is 0.254 e. The SMILES string of the molecule is CC(Oc1ccccc1)C1CCCN1C(=O)c1ccc(-c2ccccc2)cc1. The lowest BCUT2D eigenvalue weighted by Gasteiger charge is -2.30. The molecule has 4 rings (SSSR count). The van der Waals surface area contributed by atoms with Crippen molar-refractivity contribution in [3.8, 4) is 16.9 Å². The van der Waals surface area contributed by atoms with Crippen LogP contribution in [0.4, 0.5) is 0 Å². The molecule has 2 atom stereocenters. The van der Waals surface area contributed by atoms with E-state index in [1.165, 1.54) is 0 Å². The molecule has 0 bridgehead atoms. The highest BCUT2D eigenvalue weighted by Gasteiger charge is 2.34. The summed E-state index contributed by atoms with van der Waals surface area (Å²) in [5, 5.41) is 0. The van der Waals surface area contributed by atoms with E-state index in [-0.39, 0.29) is 18.1 Å². The molecule has 3 aromatic rings. The minimum Gasteiger partial charge on any atom is -0.489 e. The summed E-state index contributed by atoms with van der Waals surface area (Å²) in [5.74, 6) is 0.937. The summed E-state index contributed by atoms with van der Waals surface area (Å²) in [6, 6.07) is 28.1. The van der Waals surface area contributed by atoms with E-state index < -0.39 is 0 Å². The second kappa shape index (κ2) is 8.30. The van der Waals surface area contributed by atoms with Crippen LogP contribution in [0.3, 0.4) is 0 Å². The predicted molar refractivity (Wildman–Crippen MR) is 112 cm³/mol. The van der Waals surface area contributed by atoms with Gasteiger partial charge in [-0.1, -0.05) is 60.7 Å². The topological polar surface area (TPSA) is 29.5 Å². The van der Waals surface area contributed by atoms with Gasteiger partial charge < -0.3 is 9.64 Å². The molecule has 0 saturated carbocycles. The molecular weight excluding hydrogens is 346 g/mol. The Bertz CT molecular complexity index is 906. The molecule has 0 N–H and O–H groups in total. The summed E-state index contributed by atoms with van der Waals surface area (Å²) in [5.41, 5.74) is 3.01. The molecule has 2 unspecified atom stereocenters. The van der Waals surface area contributed by atoms with Crippen LogP contribution in [-0.4, -0.2) is 29.5 Å². The molecule has 1 aliphatic rings. The van der Waals surface area contributed by atoms with Crippen molar-refractivity contribution < 1.29 is 9.53 Å². The Kier molecular flexibility index (Phi) is 5.43. The number of hydrogen-bond donors (Lipinski definition) is 0. The third-order valence-electron chi connectivity index (χ3n) is 5.41. The molecule has 1 aliphatic heterocycles. The van der Waals surface area contributed by atoms with Crippen molar-refractivity contribution in [2.75, 3.05) is 6.54 Å². The van der Waals surface area contributed by atoms with Gasteiger partial charge in [-0.3, -0.25) is 4.79 Å². The first-order chi connectivity index (χ1) is 13.7. The largest absolute Gasteiger partial charge is 0.489 e. The molecule has 0 spiro atoms. The van der Waals surface area contributed by atoms with E-state index in [4.69, 9.17) is 4.74 Å². The minimum atomic E-state index is -0.0440. The highest BCUT2D eigenvalue weighted by atomic mass is 16.5. The molecule has 0 radical (unpaired) electrons. The van der Waals surface area contributed by atoms with E-state index in [0.29, 0.717) is 0 Å². The fourth-order valence-electron chi connectivity index (χ4n) is 3.93. The first-order valence-corrected chi connectivity index (χ1v) is 9.90. The van der Waals surface area contributed by atoms with E-state index >= 15 is 0 Å². The van der Waals surface area contributed by atoms with Gasteiger partial charge in [0.2, 0.25) is 0 Å². The van der Waals surface area contributed by atoms with Crippen LogP contribution in [0.15, 0.2) is 84.9 Å². The molecule has 3 nitrogen and oxygen atoms in total. The summed E-state index contributed by atoms with van der Waals surface area (Å²) >= 11 is 0. The molecule has 3 heteroatoms. The van der Waals surface area contributed by atoms with E-state index in [9.17, 15) is 4.79 Å². The second-order valence-electron chi connectivity index (χ2n) is 7.29. The van der Waals surface area contributed by atoms with Gasteiger partial charge >= 0.3 is 0 Å². The zero-order valence-corrected chi connectivity index (χ0v) is 16.1. The third kappa shape index (κ3) is 3.94. The summed E-state index contributed by atoms with van der Waals surface area (Å²) in [4.78, 5) is 15.1. The normalized spacial score (nSPS) is 17.3. The van der Waals surface area contributed by atoms with Crippen LogP contribution >= 0.6 is 0 Å². The molecule has 0 aliphatic carbocycles. The van der Waals surface area contributed by atoms with Gasteiger partial charge in [0.1, 0.15) is 11.9 Å². The van der Waals surface area contributed by atoms with Crippen molar-refractivity contribution in [2.45, 2.75) is 31.9 Å². The van der Waals surface area contributed by atoms with Crippen LogP contribution in [0.1, 0.15) is 30.1 Å². The maximum absolute atomic E-state index is 13.1. The molecule has 1 fully saturated rings. The zero-order chi connectivity index (χ0) is 19.3. The molecular formula is C25H25NO2. The number of benzene rings is 3. The van der Waals surface area contributed by atoms with Crippen LogP contribution in [0.2, 0.25) is 0 Å². The Morgan fingerprint density at radius 3 is 2.18 bits per heavy atom. The van der Waals surface area contributed by atoms with Gasteiger partial charge in [-0.05, 0) is 55.2 Å². The lowest BCUT2D eigenvalue weighted by Crippen LogP contribution is -2.43. The van der Waals surface area contributed by atoms with Gasteiger partial charge in [0.25, 0.3) is 5.91 Å². The van der Waals surface area contributed by atoms with Crippen LogP contribution in [0.5, 0.6) is 5.75 Å². The number of para-hydroxylation sites is 1. The van der Waals surface area contributed by atoms with Crippen LogP contribution in [0.25, 0.3) is 11.1 Å². The molecule has 1 saturated heterocycles. The van der Waals surface area contributed by atoms with Crippen molar-refractivity contribution >= 4 is 5.91 Å². The van der Waals surface area contributed by atoms with Crippen molar-refractivity contribution in [1.29, 1.82) is 0 Å². The number of hydrogen-bond acceptors (Lipinski definition) is 2. The zero-order valence-electron chi connectivity index (χ0n) is 16.1. The lowest BCUT2D eigenvalue weighted by molar-refractivity contribution is 0.0589. The predicted octanol–water partition coefficient (Wildman–Crippen LogP) is 5.43. The van der Waals surface area contributed by atoms with Crippen molar-refractivity contribution in [3.63, 3.8) is 0 Å². The maximum atomic E-state index is 13.1. The Balaban J connectivity index is 1.47. The highest BCUT2D eigenvalue weighted by Crippen LogP contribution is 2.26. The number of likely N-dealkylation sites (tertiary alicyclic amines) is 1. The number of carbonyl (C=O) groups excluding carboxylic acids is 1. The van der Waals surface area contributed by atoms with Crippen LogP contribution in [-0.2, 0) is 0 Å². The highest BCUT2D eigenvalue weighted by molar-refractivity contribution is 5.95. The number of ether oxygens (including phenoxy) is 1. The van der Waals surface area contributed by atoms with Crippen molar-refractivity contribution in [1.82, 2.24) is 4.90 Å². The van der Waals surface area contributed by atoms with Gasteiger partial charge in [-0.2, -0.15) is 0 Å². The molecule has 1 heterocycles. The molecule has 142 valence electrons. The fraction of sp³-hybridized carbons (Fsp3) is 0.240. The summed E-state index contributed by atoms with van der Waals surface area (Å²) in [6.07, 6.45) is 1.94. The first kappa shape index (κ1) is 18.3. The van der Waals surface area contributed by atoms with Crippen molar-refractivity contribution in [2.24, 2.45) is 0 Å². The Morgan fingerprint density at radius 2 is 1.50 bits per heavy atom. The Labute approximate surface area is 166 Å². The van der Waals surface area contributed by atoms with Gasteiger partial charge in [-0.15, -0.1) is 0 Å². The average molecular weight is 371 g/mol. The quantitative estimate of drug-likeness (QED) is 0.599. The fourth-order valence-corrected chi connectivity index (χ4v) is 3.93. The lowest BCUT2D eigenvalue weighted by atomic mass is 10.0. The van der Waals surface area contributed by atoms with E-state index in [2.05, 4.69) is 19.1 Å². The van der Waals surface area contributed by atoms with Gasteiger partial charge in [-0.25, -0.2) is 0 Å². The maximum Gasteiger partial charge on any atom is 0.254 e. The molecule has 28 heavy (non-hydrogen) atoms. The van der Waals surface area contributed by atoms with Crippen LogP contribution in [0, 0.1) is 0 Å². The third-order valence-corrected chi connectivity index (χ3v) is 5.41. The Morgan fingerprint density at radius 1 is 0.893 bits per heavy atom. The molecule has 0 aromatic heterocycles. The standard InChI is InChI=1S/C25H25NO2/c1-19(28-23-11-6-3-7-12-23)24-13-8-18-26(24)25(27)22-16-14-21(15-17-22)20-9-4-2-5-10-20/h2-7,9-12,14-17,19,24H,8,13,18H2,1H3. The minimum absolute atomic E-state index is 0.0440. The Hall–Kier alpha value is -3.07. The van der Waals surface area contributed by atoms with Gasteiger partial charge in [0, 0.05) is 12.1 Å². The number of rotatable bonds is 5. The molecule has 1 amide bonds. The number of nitrogens with zero attached hydrogens (tertiary/aromatic N) is 1. The molecule has 3 aromatic carbocycles. The number of carbonyl (C=O) groups is 1. The van der Waals surface area contributed by atoms with E-state index in [1.54, 1.807) is 0 Å². The average Bonchev–Trinajstić information content (AvgIpc) is 3.25. The van der Waals surface area contributed by atoms with Crippen LogP contribution < -0.4 is 4.74 Å². The monoisotopic (exact) mass is 371 g/mol. The number of amides is 1. The van der Waals surface area contributed by atoms with Gasteiger partial charge in [0.15, 0.2) is 0 Å². The summed E-state index contributed by atoms with van der Waals surface area (Å²) in [6.45, 7) is 2.84. The van der Waals surface area contributed by atoms with E-state index in [1.807, 2.05) is 77.7 Å². The van der Waals surface area contributed by atoms with Crippen molar-refractivity contribution in [3.05, 3.63) is 90.5 Å². The summed E-state index contributed by atoms with van der Waals surface area (Å²) in [7, 11) is 0. The first-order valence-electron chi connectivity index (χ1n) is 9.90. The second-order valence-corrected chi connectivity index (χ2v) is 7.29. The van der Waals surface area contributed by atoms with Gasteiger partial charge in [0.05, 0.1) is 6.04 Å².